The lowest BCUT2D eigenvalue weighted by atomic mass is 10.2. The lowest BCUT2D eigenvalue weighted by Crippen LogP contribution is -2.41. The van der Waals surface area contributed by atoms with E-state index in [0.29, 0.717) is 13.0 Å². The lowest BCUT2D eigenvalue weighted by Gasteiger charge is -2.36. The molecular formula is C12H24O4SSi. The molecule has 106 valence electrons. The van der Waals surface area contributed by atoms with Gasteiger partial charge in [0.1, 0.15) is 6.10 Å². The second-order valence-corrected chi connectivity index (χ2v) is 12.3. The molecule has 0 N–H and O–H groups in total. The van der Waals surface area contributed by atoms with E-state index < -0.39 is 24.5 Å². The number of hydrogen-bond donors (Lipinski definition) is 0. The summed E-state index contributed by atoms with van der Waals surface area (Å²) in [4.78, 5) is 0. The van der Waals surface area contributed by atoms with Crippen LogP contribution in [-0.4, -0.2) is 35.7 Å². The van der Waals surface area contributed by atoms with Crippen LogP contribution in [0.5, 0.6) is 0 Å². The normalized spacial score (nSPS) is 15.2. The molecule has 0 amide bonds. The zero-order valence-electron chi connectivity index (χ0n) is 12.1. The lowest BCUT2D eigenvalue weighted by molar-refractivity contribution is 0.202. The Kier molecular flexibility index (Phi) is 6.07. The van der Waals surface area contributed by atoms with Crippen LogP contribution < -0.4 is 0 Å². The van der Waals surface area contributed by atoms with Gasteiger partial charge in [-0.05, 0) is 18.1 Å². The first-order valence-electron chi connectivity index (χ1n) is 5.87. The Labute approximate surface area is 112 Å². The maximum absolute atomic E-state index is 11.0. The molecular weight excluding hydrogens is 268 g/mol. The van der Waals surface area contributed by atoms with Crippen LogP contribution >= 0.6 is 0 Å². The van der Waals surface area contributed by atoms with E-state index >= 15 is 0 Å². The fraction of sp³-hybridized carbons (Fsp3) is 0.833. The minimum absolute atomic E-state index is 0.121. The summed E-state index contributed by atoms with van der Waals surface area (Å²) in [6.45, 7) is 11.1. The molecule has 0 aliphatic rings. The average molecular weight is 292 g/mol. The molecule has 18 heavy (non-hydrogen) atoms. The molecule has 0 aliphatic heterocycles. The molecule has 0 fully saturated rings. The Bertz CT molecular complexity index is 401. The molecule has 4 nitrogen and oxygen atoms in total. The second-order valence-electron chi connectivity index (χ2n) is 5.85. The van der Waals surface area contributed by atoms with Crippen molar-refractivity contribution in [2.45, 2.75) is 51.4 Å². The van der Waals surface area contributed by atoms with Crippen molar-refractivity contribution in [3.8, 4) is 12.3 Å². The van der Waals surface area contributed by atoms with Crippen LogP contribution in [0.15, 0.2) is 0 Å². The Morgan fingerprint density at radius 1 is 1.33 bits per heavy atom. The quantitative estimate of drug-likeness (QED) is 0.428. The molecule has 0 spiro atoms. The fourth-order valence-electron chi connectivity index (χ4n) is 1.01. The van der Waals surface area contributed by atoms with Crippen molar-refractivity contribution in [3.05, 3.63) is 0 Å². The van der Waals surface area contributed by atoms with Gasteiger partial charge in [0.2, 0.25) is 0 Å². The Balaban J connectivity index is 4.31. The van der Waals surface area contributed by atoms with Crippen molar-refractivity contribution in [1.29, 1.82) is 0 Å². The van der Waals surface area contributed by atoms with E-state index in [0.717, 1.165) is 6.26 Å². The number of terminal acetylenes is 1. The van der Waals surface area contributed by atoms with E-state index in [9.17, 15) is 8.42 Å². The van der Waals surface area contributed by atoms with Gasteiger partial charge in [-0.1, -0.05) is 26.7 Å². The van der Waals surface area contributed by atoms with Gasteiger partial charge in [0.05, 0.1) is 6.26 Å². The fourth-order valence-corrected chi connectivity index (χ4v) is 2.64. The van der Waals surface area contributed by atoms with E-state index in [1.165, 1.54) is 0 Å². The van der Waals surface area contributed by atoms with Gasteiger partial charge < -0.3 is 4.43 Å². The van der Waals surface area contributed by atoms with Gasteiger partial charge >= 0.3 is 0 Å². The van der Waals surface area contributed by atoms with Crippen LogP contribution in [0.25, 0.3) is 0 Å². The summed E-state index contributed by atoms with van der Waals surface area (Å²) in [5.74, 6) is 2.32. The van der Waals surface area contributed by atoms with Crippen molar-refractivity contribution < 1.29 is 17.0 Å². The maximum Gasteiger partial charge on any atom is 0.265 e. The summed E-state index contributed by atoms with van der Waals surface area (Å²) in [5, 5.41) is 0.121. The molecule has 0 bridgehead atoms. The van der Waals surface area contributed by atoms with Gasteiger partial charge in [0.15, 0.2) is 8.32 Å². The summed E-state index contributed by atoms with van der Waals surface area (Å²) in [7, 11) is -5.33. The predicted octanol–water partition coefficient (Wildman–Crippen LogP) is 2.38. The maximum atomic E-state index is 11.0. The highest BCUT2D eigenvalue weighted by molar-refractivity contribution is 7.86. The van der Waals surface area contributed by atoms with E-state index in [-0.39, 0.29) is 5.04 Å². The molecule has 0 aromatic carbocycles. The van der Waals surface area contributed by atoms with Crippen LogP contribution in [0.1, 0.15) is 27.2 Å². The van der Waals surface area contributed by atoms with Crippen molar-refractivity contribution in [3.63, 3.8) is 0 Å². The molecule has 0 aromatic rings. The molecule has 0 radical (unpaired) electrons. The van der Waals surface area contributed by atoms with Crippen LogP contribution in [-0.2, 0) is 18.7 Å². The first-order valence-corrected chi connectivity index (χ1v) is 10.6. The number of hydrogen-bond acceptors (Lipinski definition) is 4. The van der Waals surface area contributed by atoms with Crippen molar-refractivity contribution in [2.24, 2.45) is 0 Å². The summed E-state index contributed by atoms with van der Waals surface area (Å²) in [5.41, 5.74) is 0. The largest absolute Gasteiger partial charge is 0.417 e. The van der Waals surface area contributed by atoms with Gasteiger partial charge in [-0.15, -0.1) is 6.42 Å². The molecule has 6 heteroatoms. The third-order valence-electron chi connectivity index (χ3n) is 3.13. The Morgan fingerprint density at radius 2 is 1.83 bits per heavy atom. The zero-order chi connectivity index (χ0) is 14.6. The summed E-state index contributed by atoms with van der Waals surface area (Å²) >= 11 is 0. The minimum Gasteiger partial charge on any atom is -0.417 e. The van der Waals surface area contributed by atoms with Gasteiger partial charge in [-0.2, -0.15) is 8.42 Å². The SMILES string of the molecule is C#CC(CCO[Si](C)(C)C(C)(C)C)OS(C)(=O)=O. The summed E-state index contributed by atoms with van der Waals surface area (Å²) < 4.78 is 32.6. The molecule has 0 rings (SSSR count). The Hall–Kier alpha value is -0.353. The van der Waals surface area contributed by atoms with Crippen LogP contribution in [0.4, 0.5) is 0 Å². The van der Waals surface area contributed by atoms with Gasteiger partial charge in [0, 0.05) is 13.0 Å². The van der Waals surface area contributed by atoms with Crippen LogP contribution in [0, 0.1) is 12.3 Å². The van der Waals surface area contributed by atoms with Crippen molar-refractivity contribution in [1.82, 2.24) is 0 Å². The van der Waals surface area contributed by atoms with Gasteiger partial charge in [-0.3, -0.25) is 4.18 Å². The van der Waals surface area contributed by atoms with E-state index in [1.54, 1.807) is 0 Å². The molecule has 0 heterocycles. The molecule has 1 unspecified atom stereocenters. The molecule has 0 saturated carbocycles. The van der Waals surface area contributed by atoms with Crippen molar-refractivity contribution >= 4 is 18.4 Å². The topological polar surface area (TPSA) is 52.6 Å². The standard InChI is InChI=1S/C12H24O4SSi/c1-8-11(16-17(5,13)14)9-10-15-18(6,7)12(2,3)4/h1,11H,9-10H2,2-7H3. The van der Waals surface area contributed by atoms with E-state index in [1.807, 2.05) is 0 Å². The Morgan fingerprint density at radius 3 is 2.17 bits per heavy atom. The summed E-state index contributed by atoms with van der Waals surface area (Å²) in [6, 6.07) is 0. The van der Waals surface area contributed by atoms with E-state index in [4.69, 9.17) is 15.0 Å². The monoisotopic (exact) mass is 292 g/mol. The highest BCUT2D eigenvalue weighted by Gasteiger charge is 2.37. The van der Waals surface area contributed by atoms with Crippen LogP contribution in [0.3, 0.4) is 0 Å². The third kappa shape index (κ3) is 6.54. The highest BCUT2D eigenvalue weighted by Crippen LogP contribution is 2.36. The van der Waals surface area contributed by atoms with Gasteiger partial charge in [-0.25, -0.2) is 0 Å². The smallest absolute Gasteiger partial charge is 0.265 e. The molecule has 0 aliphatic carbocycles. The number of rotatable bonds is 6. The molecule has 1 atom stereocenters. The second kappa shape index (κ2) is 6.20. The molecule has 0 saturated heterocycles. The zero-order valence-corrected chi connectivity index (χ0v) is 13.9. The first kappa shape index (κ1) is 17.6. The highest BCUT2D eigenvalue weighted by atomic mass is 32.2. The first-order chi connectivity index (χ1) is 7.89. The van der Waals surface area contributed by atoms with Gasteiger partial charge in [0.25, 0.3) is 10.1 Å². The predicted molar refractivity (Wildman–Crippen MR) is 76.3 cm³/mol. The molecule has 0 aromatic heterocycles. The van der Waals surface area contributed by atoms with Crippen molar-refractivity contribution in [2.75, 3.05) is 12.9 Å². The minimum atomic E-state index is -3.52. The van der Waals surface area contributed by atoms with E-state index in [2.05, 4.69) is 39.8 Å². The summed E-state index contributed by atoms with van der Waals surface area (Å²) in [6.07, 6.45) is 5.86. The van der Waals surface area contributed by atoms with Crippen LogP contribution in [0.2, 0.25) is 18.1 Å². The average Bonchev–Trinajstić information content (AvgIpc) is 2.12. The third-order valence-corrected chi connectivity index (χ3v) is 8.25.